The molecular weight excluding hydrogens is 194 g/mol. The van der Waals surface area contributed by atoms with Gasteiger partial charge in [-0.15, -0.1) is 0 Å². The van der Waals surface area contributed by atoms with Gasteiger partial charge < -0.3 is 4.90 Å². The Morgan fingerprint density at radius 3 is 2.62 bits per heavy atom. The molecule has 1 rings (SSSR count). The minimum Gasteiger partial charge on any atom is -0.351 e. The maximum atomic E-state index is 4.01. The first-order valence-corrected chi connectivity index (χ1v) is 5.35. The molecule has 84 valence electrons. The van der Waals surface area contributed by atoms with Crippen LogP contribution in [0.3, 0.4) is 0 Å². The van der Waals surface area contributed by atoms with Gasteiger partial charge in [0, 0.05) is 24.5 Å². The Bertz CT molecular complexity index is 427. The summed E-state index contributed by atoms with van der Waals surface area (Å²) < 4.78 is 0. The summed E-state index contributed by atoms with van der Waals surface area (Å²) in [6.45, 7) is 11.8. The molecule has 1 aromatic rings. The van der Waals surface area contributed by atoms with E-state index in [0.29, 0.717) is 0 Å². The van der Waals surface area contributed by atoms with Crippen LogP contribution in [0, 0.1) is 6.92 Å². The lowest BCUT2D eigenvalue weighted by Gasteiger charge is -2.19. The molecule has 0 fully saturated rings. The lowest BCUT2D eigenvalue weighted by Crippen LogP contribution is -2.10. The second-order valence-corrected chi connectivity index (χ2v) is 3.99. The molecule has 0 saturated heterocycles. The normalized spacial score (nSPS) is 10.4. The highest BCUT2D eigenvalue weighted by Crippen LogP contribution is 2.26. The first-order valence-electron chi connectivity index (χ1n) is 5.35. The van der Waals surface area contributed by atoms with Crippen LogP contribution in [0.5, 0.6) is 0 Å². The maximum absolute atomic E-state index is 4.01. The number of benzene rings is 1. The van der Waals surface area contributed by atoms with Crippen LogP contribution in [-0.4, -0.2) is 7.05 Å². The van der Waals surface area contributed by atoms with Crippen molar-refractivity contribution in [3.05, 3.63) is 60.8 Å². The van der Waals surface area contributed by atoms with Crippen molar-refractivity contribution in [1.82, 2.24) is 0 Å². The van der Waals surface area contributed by atoms with E-state index in [1.165, 1.54) is 16.8 Å². The van der Waals surface area contributed by atoms with Crippen LogP contribution in [0.15, 0.2) is 49.7 Å². The lowest BCUT2D eigenvalue weighted by atomic mass is 10.0. The molecule has 1 heteroatoms. The molecule has 0 bridgehead atoms. The number of hydrogen-bond donors (Lipinski definition) is 0. The topological polar surface area (TPSA) is 3.24 Å². The minimum atomic E-state index is 1.08. The zero-order chi connectivity index (χ0) is 12.1. The van der Waals surface area contributed by atoms with E-state index in [9.17, 15) is 0 Å². The van der Waals surface area contributed by atoms with Crippen molar-refractivity contribution in [1.29, 1.82) is 0 Å². The fourth-order valence-corrected chi connectivity index (χ4v) is 1.56. The molecule has 0 atom stereocenters. The van der Waals surface area contributed by atoms with E-state index in [2.05, 4.69) is 43.2 Å². The summed E-state index contributed by atoms with van der Waals surface area (Å²) in [4.78, 5) is 2.08. The molecule has 0 spiro atoms. The first kappa shape index (κ1) is 12.3. The van der Waals surface area contributed by atoms with Crippen LogP contribution in [0.25, 0.3) is 5.57 Å². The highest BCUT2D eigenvalue weighted by molar-refractivity contribution is 5.75. The van der Waals surface area contributed by atoms with E-state index in [1.54, 1.807) is 6.08 Å². The van der Waals surface area contributed by atoms with E-state index in [4.69, 9.17) is 0 Å². The zero-order valence-corrected chi connectivity index (χ0v) is 10.3. The van der Waals surface area contributed by atoms with Gasteiger partial charge in [-0.2, -0.15) is 0 Å². The average molecular weight is 213 g/mol. The second-order valence-electron chi connectivity index (χ2n) is 3.99. The van der Waals surface area contributed by atoms with Crippen molar-refractivity contribution in [2.75, 3.05) is 11.9 Å². The minimum absolute atomic E-state index is 1.08. The standard InChI is InChI=1S/C15H19N/c1-6-7-10-16(5)15-11-13(4)8-9-14(15)12(2)3/h6-11H,1-2H2,3-5H3/b10-7-. The highest BCUT2D eigenvalue weighted by Gasteiger charge is 2.05. The third-order valence-corrected chi connectivity index (χ3v) is 2.44. The van der Waals surface area contributed by atoms with Crippen molar-refractivity contribution in [2.24, 2.45) is 0 Å². The predicted octanol–water partition coefficient (Wildman–Crippen LogP) is 4.16. The van der Waals surface area contributed by atoms with Gasteiger partial charge in [0.1, 0.15) is 0 Å². The molecule has 0 aliphatic heterocycles. The molecule has 1 nitrogen and oxygen atoms in total. The molecular formula is C15H19N. The fourth-order valence-electron chi connectivity index (χ4n) is 1.56. The molecule has 0 radical (unpaired) electrons. The number of anilines is 1. The van der Waals surface area contributed by atoms with Gasteiger partial charge in [-0.1, -0.05) is 31.4 Å². The van der Waals surface area contributed by atoms with Crippen molar-refractivity contribution in [3.8, 4) is 0 Å². The number of allylic oxidation sites excluding steroid dienone is 3. The summed E-state index contributed by atoms with van der Waals surface area (Å²) in [6, 6.07) is 6.39. The van der Waals surface area contributed by atoms with Gasteiger partial charge >= 0.3 is 0 Å². The SMILES string of the molecule is C=C/C=C\N(C)c1cc(C)ccc1C(=C)C. The van der Waals surface area contributed by atoms with E-state index in [1.807, 2.05) is 26.2 Å². The Hall–Kier alpha value is -1.76. The Balaban J connectivity index is 3.18. The monoisotopic (exact) mass is 213 g/mol. The third kappa shape index (κ3) is 2.86. The van der Waals surface area contributed by atoms with E-state index in [-0.39, 0.29) is 0 Å². The fraction of sp³-hybridized carbons (Fsp3) is 0.200. The molecule has 1 aromatic carbocycles. The van der Waals surface area contributed by atoms with Crippen molar-refractivity contribution in [3.63, 3.8) is 0 Å². The maximum Gasteiger partial charge on any atom is 0.0482 e. The Morgan fingerprint density at radius 1 is 1.38 bits per heavy atom. The van der Waals surface area contributed by atoms with Gasteiger partial charge in [0.2, 0.25) is 0 Å². The smallest absolute Gasteiger partial charge is 0.0482 e. The van der Waals surface area contributed by atoms with Crippen LogP contribution < -0.4 is 4.90 Å². The Morgan fingerprint density at radius 2 is 2.06 bits per heavy atom. The molecule has 16 heavy (non-hydrogen) atoms. The summed E-state index contributed by atoms with van der Waals surface area (Å²) in [5, 5.41) is 0. The zero-order valence-electron chi connectivity index (χ0n) is 10.3. The summed E-state index contributed by atoms with van der Waals surface area (Å²) in [5.41, 5.74) is 4.68. The van der Waals surface area contributed by atoms with Gasteiger partial charge in [0.15, 0.2) is 0 Å². The molecule has 0 N–H and O–H groups in total. The molecule has 0 amide bonds. The van der Waals surface area contributed by atoms with Gasteiger partial charge in [-0.25, -0.2) is 0 Å². The van der Waals surface area contributed by atoms with E-state index in [0.717, 1.165) is 5.57 Å². The molecule has 0 saturated carbocycles. The second kappa shape index (κ2) is 5.36. The molecule has 0 aliphatic carbocycles. The average Bonchev–Trinajstić information content (AvgIpc) is 2.25. The van der Waals surface area contributed by atoms with E-state index < -0.39 is 0 Å². The van der Waals surface area contributed by atoms with Crippen molar-refractivity contribution >= 4 is 11.3 Å². The van der Waals surface area contributed by atoms with Crippen LogP contribution in [0.1, 0.15) is 18.1 Å². The van der Waals surface area contributed by atoms with Gasteiger partial charge in [-0.3, -0.25) is 0 Å². The number of nitrogens with zero attached hydrogens (tertiary/aromatic N) is 1. The largest absolute Gasteiger partial charge is 0.351 e. The number of hydrogen-bond acceptors (Lipinski definition) is 1. The number of aryl methyl sites for hydroxylation is 1. The van der Waals surface area contributed by atoms with Crippen LogP contribution in [0.2, 0.25) is 0 Å². The van der Waals surface area contributed by atoms with Gasteiger partial charge in [0.25, 0.3) is 0 Å². The van der Waals surface area contributed by atoms with Crippen molar-refractivity contribution < 1.29 is 0 Å². The predicted molar refractivity (Wildman–Crippen MR) is 73.6 cm³/mol. The molecule has 0 heterocycles. The summed E-state index contributed by atoms with van der Waals surface area (Å²) >= 11 is 0. The Labute approximate surface area is 98.4 Å². The quantitative estimate of drug-likeness (QED) is 0.679. The lowest BCUT2D eigenvalue weighted by molar-refractivity contribution is 1.19. The number of rotatable bonds is 4. The van der Waals surface area contributed by atoms with E-state index >= 15 is 0 Å². The van der Waals surface area contributed by atoms with Crippen LogP contribution >= 0.6 is 0 Å². The summed E-state index contributed by atoms with van der Waals surface area (Å²) in [6.07, 6.45) is 5.69. The third-order valence-electron chi connectivity index (χ3n) is 2.44. The van der Waals surface area contributed by atoms with Gasteiger partial charge in [0.05, 0.1) is 0 Å². The van der Waals surface area contributed by atoms with Crippen molar-refractivity contribution in [2.45, 2.75) is 13.8 Å². The van der Waals surface area contributed by atoms with Crippen LogP contribution in [-0.2, 0) is 0 Å². The summed E-state index contributed by atoms with van der Waals surface area (Å²) in [5.74, 6) is 0. The first-order chi connectivity index (χ1) is 7.56. The van der Waals surface area contributed by atoms with Crippen LogP contribution in [0.4, 0.5) is 5.69 Å². The molecule has 0 aliphatic rings. The summed E-state index contributed by atoms with van der Waals surface area (Å²) in [7, 11) is 2.03. The van der Waals surface area contributed by atoms with Gasteiger partial charge in [-0.05, 0) is 37.1 Å². The molecule has 0 unspecified atom stereocenters. The highest BCUT2D eigenvalue weighted by atomic mass is 15.1. The molecule has 0 aromatic heterocycles. The Kier molecular flexibility index (Phi) is 4.12.